The second kappa shape index (κ2) is 6.40. The highest BCUT2D eigenvalue weighted by molar-refractivity contribution is 5.72. The average molecular weight is 344 g/mol. The summed E-state index contributed by atoms with van der Waals surface area (Å²) in [6, 6.07) is -0.800. The molecule has 2 N–H and O–H groups in total. The van der Waals surface area contributed by atoms with Gasteiger partial charge >= 0.3 is 12.2 Å². The van der Waals surface area contributed by atoms with Crippen molar-refractivity contribution in [2.75, 3.05) is 13.2 Å². The van der Waals surface area contributed by atoms with E-state index >= 15 is 0 Å². The van der Waals surface area contributed by atoms with Crippen LogP contribution in [0.15, 0.2) is 0 Å². The van der Waals surface area contributed by atoms with E-state index in [1.54, 1.807) is 41.5 Å². The molecule has 0 saturated carbocycles. The average Bonchev–Trinajstić information content (AvgIpc) is 3.06. The molecule has 2 saturated heterocycles. The topological polar surface area (TPSA) is 97.1 Å². The molecule has 0 aromatic rings. The minimum atomic E-state index is -0.907. The van der Waals surface area contributed by atoms with Gasteiger partial charge in [0.15, 0.2) is 0 Å². The molecular weight excluding hydrogens is 316 g/mol. The van der Waals surface area contributed by atoms with E-state index in [1.807, 2.05) is 0 Å². The molecule has 2 aliphatic heterocycles. The Balaban J connectivity index is 1.84. The predicted octanol–water partition coefficient (Wildman–Crippen LogP) is 1.26. The molecule has 2 fully saturated rings. The van der Waals surface area contributed by atoms with Gasteiger partial charge < -0.3 is 24.6 Å². The largest absolute Gasteiger partial charge is 0.444 e. The molecule has 138 valence electrons. The third kappa shape index (κ3) is 4.98. The zero-order valence-electron chi connectivity index (χ0n) is 15.2. The molecule has 0 aliphatic carbocycles. The van der Waals surface area contributed by atoms with Crippen molar-refractivity contribution in [2.24, 2.45) is 0 Å². The van der Waals surface area contributed by atoms with Crippen molar-refractivity contribution in [3.8, 4) is 0 Å². The van der Waals surface area contributed by atoms with Crippen LogP contribution in [0, 0.1) is 0 Å². The SMILES string of the molecule is CC(C)(C)OC(=O)N[C@H]1CO[C@@H](C2CN2C(=O)OC(C)(C)C)[C@@H]1O. The summed E-state index contributed by atoms with van der Waals surface area (Å²) in [7, 11) is 0. The van der Waals surface area contributed by atoms with Gasteiger partial charge in [0.05, 0.1) is 18.7 Å². The minimum Gasteiger partial charge on any atom is -0.444 e. The highest BCUT2D eigenvalue weighted by atomic mass is 16.6. The maximum Gasteiger partial charge on any atom is 0.410 e. The summed E-state index contributed by atoms with van der Waals surface area (Å²) < 4.78 is 16.0. The lowest BCUT2D eigenvalue weighted by atomic mass is 10.1. The first-order valence-corrected chi connectivity index (χ1v) is 8.16. The Kier molecular flexibility index (Phi) is 5.01. The number of hydrogen-bond donors (Lipinski definition) is 2. The van der Waals surface area contributed by atoms with Crippen LogP contribution in [0.2, 0.25) is 0 Å². The Labute approximate surface area is 142 Å². The summed E-state index contributed by atoms with van der Waals surface area (Å²) in [5.41, 5.74) is -1.18. The molecule has 1 unspecified atom stereocenters. The first kappa shape index (κ1) is 18.8. The van der Waals surface area contributed by atoms with E-state index in [0.717, 1.165) is 0 Å². The molecule has 0 radical (unpaired) electrons. The van der Waals surface area contributed by atoms with Crippen molar-refractivity contribution < 1.29 is 28.9 Å². The monoisotopic (exact) mass is 344 g/mol. The van der Waals surface area contributed by atoms with Crippen LogP contribution in [-0.4, -0.2) is 70.8 Å². The lowest BCUT2D eigenvalue weighted by molar-refractivity contribution is 0.0162. The standard InChI is InChI=1S/C16H28N2O6/c1-15(2,3)23-13(20)17-9-8-22-12(11(9)19)10-7-18(10)14(21)24-16(4,5)6/h9-12,19H,7-8H2,1-6H3,(H,17,20)/t9-,10?,11+,12-,18?/m0/s1. The number of hydrogen-bond acceptors (Lipinski definition) is 6. The van der Waals surface area contributed by atoms with Crippen LogP contribution in [0.4, 0.5) is 9.59 Å². The predicted molar refractivity (Wildman–Crippen MR) is 85.6 cm³/mol. The lowest BCUT2D eigenvalue weighted by Gasteiger charge is -2.23. The van der Waals surface area contributed by atoms with Crippen LogP contribution >= 0.6 is 0 Å². The lowest BCUT2D eigenvalue weighted by Crippen LogP contribution is -2.47. The van der Waals surface area contributed by atoms with Gasteiger partial charge in [0.1, 0.15) is 23.4 Å². The van der Waals surface area contributed by atoms with Crippen LogP contribution in [0.25, 0.3) is 0 Å². The van der Waals surface area contributed by atoms with Gasteiger partial charge in [-0.3, -0.25) is 4.90 Å². The fraction of sp³-hybridized carbons (Fsp3) is 0.875. The molecule has 0 spiro atoms. The highest BCUT2D eigenvalue weighted by Gasteiger charge is 2.53. The Hall–Kier alpha value is -1.54. The molecule has 2 heterocycles. The second-order valence-electron chi connectivity index (χ2n) is 8.24. The Bertz CT molecular complexity index is 496. The van der Waals surface area contributed by atoms with Gasteiger partial charge in [0.25, 0.3) is 0 Å². The first-order valence-electron chi connectivity index (χ1n) is 8.16. The zero-order valence-corrected chi connectivity index (χ0v) is 15.2. The molecule has 4 atom stereocenters. The summed E-state index contributed by atoms with van der Waals surface area (Å²) in [5, 5.41) is 13.0. The van der Waals surface area contributed by atoms with Crippen LogP contribution in [-0.2, 0) is 14.2 Å². The fourth-order valence-corrected chi connectivity index (χ4v) is 2.53. The van der Waals surface area contributed by atoms with Crippen LogP contribution < -0.4 is 5.32 Å². The first-order chi connectivity index (χ1) is 10.9. The summed E-state index contributed by atoms with van der Waals surface area (Å²) in [4.78, 5) is 25.3. The Morgan fingerprint density at radius 2 is 1.71 bits per heavy atom. The molecule has 0 aromatic carbocycles. The van der Waals surface area contributed by atoms with Gasteiger partial charge in [-0.25, -0.2) is 9.59 Å². The van der Waals surface area contributed by atoms with Crippen molar-refractivity contribution in [2.45, 2.75) is 77.0 Å². The van der Waals surface area contributed by atoms with E-state index in [0.29, 0.717) is 6.54 Å². The number of carbonyl (C=O) groups excluding carboxylic acids is 2. The molecule has 2 aliphatic rings. The van der Waals surface area contributed by atoms with E-state index < -0.39 is 41.6 Å². The van der Waals surface area contributed by atoms with Crippen molar-refractivity contribution in [3.05, 3.63) is 0 Å². The van der Waals surface area contributed by atoms with E-state index in [9.17, 15) is 14.7 Å². The maximum absolute atomic E-state index is 12.0. The van der Waals surface area contributed by atoms with Gasteiger partial charge in [-0.15, -0.1) is 0 Å². The molecular formula is C16H28N2O6. The van der Waals surface area contributed by atoms with E-state index in [4.69, 9.17) is 14.2 Å². The van der Waals surface area contributed by atoms with E-state index in [1.165, 1.54) is 4.90 Å². The normalized spacial score (nSPS) is 30.0. The molecule has 0 aromatic heterocycles. The van der Waals surface area contributed by atoms with E-state index in [-0.39, 0.29) is 12.6 Å². The highest BCUT2D eigenvalue weighted by Crippen LogP contribution is 2.31. The molecule has 2 amide bonds. The fourth-order valence-electron chi connectivity index (χ4n) is 2.53. The van der Waals surface area contributed by atoms with Crippen LogP contribution in [0.5, 0.6) is 0 Å². The number of alkyl carbamates (subject to hydrolysis) is 1. The number of nitrogens with one attached hydrogen (secondary N) is 1. The summed E-state index contributed by atoms with van der Waals surface area (Å²) in [6.45, 7) is 11.3. The number of aliphatic hydroxyl groups is 1. The summed E-state index contributed by atoms with van der Waals surface area (Å²) >= 11 is 0. The number of ether oxygens (including phenoxy) is 3. The van der Waals surface area contributed by atoms with Gasteiger partial charge in [0, 0.05) is 6.54 Å². The quantitative estimate of drug-likeness (QED) is 0.732. The Morgan fingerprint density at radius 1 is 1.12 bits per heavy atom. The van der Waals surface area contributed by atoms with E-state index in [2.05, 4.69) is 5.32 Å². The second-order valence-corrected chi connectivity index (χ2v) is 8.24. The summed E-state index contributed by atoms with van der Waals surface area (Å²) in [6.07, 6.45) is -2.48. The number of carbonyl (C=O) groups is 2. The van der Waals surface area contributed by atoms with Crippen molar-refractivity contribution >= 4 is 12.2 Å². The van der Waals surface area contributed by atoms with Gasteiger partial charge in [0.2, 0.25) is 0 Å². The minimum absolute atomic E-state index is 0.170. The number of rotatable bonds is 2. The van der Waals surface area contributed by atoms with Crippen molar-refractivity contribution in [1.82, 2.24) is 10.2 Å². The molecule has 8 nitrogen and oxygen atoms in total. The van der Waals surface area contributed by atoms with Gasteiger partial charge in [-0.2, -0.15) is 0 Å². The van der Waals surface area contributed by atoms with Crippen molar-refractivity contribution in [1.29, 1.82) is 0 Å². The molecule has 0 bridgehead atoms. The van der Waals surface area contributed by atoms with Gasteiger partial charge in [-0.05, 0) is 41.5 Å². The smallest absolute Gasteiger partial charge is 0.410 e. The molecule has 24 heavy (non-hydrogen) atoms. The van der Waals surface area contributed by atoms with Crippen LogP contribution in [0.1, 0.15) is 41.5 Å². The van der Waals surface area contributed by atoms with Crippen LogP contribution in [0.3, 0.4) is 0 Å². The number of amides is 2. The third-order valence-electron chi connectivity index (χ3n) is 3.58. The third-order valence-corrected chi connectivity index (χ3v) is 3.58. The number of aliphatic hydroxyl groups excluding tert-OH is 1. The van der Waals surface area contributed by atoms with Crippen molar-refractivity contribution in [3.63, 3.8) is 0 Å². The number of nitrogens with zero attached hydrogens (tertiary/aromatic N) is 1. The maximum atomic E-state index is 12.0. The molecule has 8 heteroatoms. The zero-order chi connectivity index (χ0) is 18.3. The molecule has 2 rings (SSSR count). The summed E-state index contributed by atoms with van der Waals surface area (Å²) in [5.74, 6) is 0. The van der Waals surface area contributed by atoms with Gasteiger partial charge in [-0.1, -0.05) is 0 Å². The Morgan fingerprint density at radius 3 is 2.25 bits per heavy atom.